The summed E-state index contributed by atoms with van der Waals surface area (Å²) in [5.74, 6) is -1.72. The van der Waals surface area contributed by atoms with Crippen molar-refractivity contribution < 1.29 is 24.2 Å². The number of ether oxygens (including phenoxy) is 1. The van der Waals surface area contributed by atoms with Crippen LogP contribution in [0.15, 0.2) is 60.7 Å². The van der Waals surface area contributed by atoms with Crippen LogP contribution in [0.25, 0.3) is 0 Å². The minimum atomic E-state index is -1.04. The van der Waals surface area contributed by atoms with Crippen LogP contribution in [-0.4, -0.2) is 78.8 Å². The van der Waals surface area contributed by atoms with E-state index in [1.165, 1.54) is 6.92 Å². The summed E-state index contributed by atoms with van der Waals surface area (Å²) >= 11 is 0. The number of rotatable bonds is 14. The third kappa shape index (κ3) is 9.95. The molecule has 4 N–H and O–H groups in total. The van der Waals surface area contributed by atoms with E-state index in [9.17, 15) is 19.5 Å². The van der Waals surface area contributed by atoms with E-state index in [1.54, 1.807) is 12.1 Å². The summed E-state index contributed by atoms with van der Waals surface area (Å²) in [5.41, 5.74) is 1.70. The first kappa shape index (κ1) is 28.3. The summed E-state index contributed by atoms with van der Waals surface area (Å²) in [6, 6.07) is 16.4. The molecule has 2 aromatic rings. The number of aryl methyl sites for hydroxylation is 1. The molecule has 2 aromatic carbocycles. The van der Waals surface area contributed by atoms with E-state index >= 15 is 0 Å². The number of carboxylic acid groups (broad SMARTS) is 1. The van der Waals surface area contributed by atoms with Crippen molar-refractivity contribution >= 4 is 23.5 Å². The first-order valence-electron chi connectivity index (χ1n) is 12.9. The lowest BCUT2D eigenvalue weighted by atomic mass is 10.0. The van der Waals surface area contributed by atoms with Gasteiger partial charge < -0.3 is 20.5 Å². The van der Waals surface area contributed by atoms with Crippen molar-refractivity contribution in [3.05, 3.63) is 66.2 Å². The van der Waals surface area contributed by atoms with Gasteiger partial charge in [0.15, 0.2) is 0 Å². The molecule has 0 aromatic heterocycles. The molecule has 0 spiro atoms. The van der Waals surface area contributed by atoms with E-state index in [2.05, 4.69) is 20.9 Å². The number of carboxylic acids is 1. The fourth-order valence-corrected chi connectivity index (χ4v) is 4.25. The molecule has 9 heteroatoms. The Morgan fingerprint density at radius 1 is 0.919 bits per heavy atom. The van der Waals surface area contributed by atoms with Crippen molar-refractivity contribution in [2.75, 3.05) is 38.2 Å². The largest absolute Gasteiger partial charge is 0.480 e. The molecule has 0 bridgehead atoms. The van der Waals surface area contributed by atoms with Gasteiger partial charge in [-0.25, -0.2) is 0 Å². The van der Waals surface area contributed by atoms with Gasteiger partial charge in [0.2, 0.25) is 11.8 Å². The number of morpholine rings is 1. The lowest BCUT2D eigenvalue weighted by molar-refractivity contribution is -0.139. The fourth-order valence-electron chi connectivity index (χ4n) is 4.25. The first-order chi connectivity index (χ1) is 17.9. The van der Waals surface area contributed by atoms with Crippen molar-refractivity contribution in [2.45, 2.75) is 50.7 Å². The van der Waals surface area contributed by atoms with Crippen LogP contribution in [0.2, 0.25) is 0 Å². The number of carbonyl (C=O) groups excluding carboxylic acids is 2. The van der Waals surface area contributed by atoms with Crippen molar-refractivity contribution in [2.24, 2.45) is 0 Å². The second-order valence-corrected chi connectivity index (χ2v) is 9.32. The number of benzene rings is 2. The number of amides is 2. The average molecular weight is 511 g/mol. The summed E-state index contributed by atoms with van der Waals surface area (Å²) in [7, 11) is 0. The predicted molar refractivity (Wildman–Crippen MR) is 142 cm³/mol. The molecule has 2 amide bonds. The highest BCUT2D eigenvalue weighted by atomic mass is 16.5. The SMILES string of the molecule is C[C@@H](N[C@@H](CCc1ccccc1)C(=O)N[C@@H](CCCN1CCOCC1)C(=O)Nc1ccccc1)C(=O)O. The van der Waals surface area contributed by atoms with Gasteiger partial charge in [-0.3, -0.25) is 24.6 Å². The summed E-state index contributed by atoms with van der Waals surface area (Å²) in [5, 5.41) is 18.1. The maximum atomic E-state index is 13.4. The number of anilines is 1. The van der Waals surface area contributed by atoms with Gasteiger partial charge in [-0.05, 0) is 56.8 Å². The first-order valence-corrected chi connectivity index (χ1v) is 12.9. The summed E-state index contributed by atoms with van der Waals surface area (Å²) < 4.78 is 5.40. The van der Waals surface area contributed by atoms with E-state index in [1.807, 2.05) is 48.5 Å². The topological polar surface area (TPSA) is 120 Å². The van der Waals surface area contributed by atoms with Gasteiger partial charge in [-0.15, -0.1) is 0 Å². The van der Waals surface area contributed by atoms with Crippen molar-refractivity contribution in [1.29, 1.82) is 0 Å². The molecular formula is C28H38N4O5. The molecule has 1 aliphatic rings. The standard InChI is InChI=1S/C28H38N4O5/c1-21(28(35)36)29-25(15-14-22-9-4-2-5-10-22)27(34)31-24(13-8-16-32-17-19-37-20-18-32)26(33)30-23-11-6-3-7-12-23/h2-7,9-12,21,24-25,29H,8,13-20H2,1H3,(H,30,33)(H,31,34)(H,35,36)/t21-,24+,25+/m1/s1. The van der Waals surface area contributed by atoms with Gasteiger partial charge in [0.1, 0.15) is 12.1 Å². The van der Waals surface area contributed by atoms with Gasteiger partial charge in [0, 0.05) is 18.8 Å². The van der Waals surface area contributed by atoms with Crippen molar-refractivity contribution in [3.8, 4) is 0 Å². The molecule has 0 saturated carbocycles. The van der Waals surface area contributed by atoms with Crippen LogP contribution >= 0.6 is 0 Å². The Balaban J connectivity index is 1.67. The number of hydrogen-bond donors (Lipinski definition) is 4. The maximum absolute atomic E-state index is 13.4. The second-order valence-electron chi connectivity index (χ2n) is 9.32. The zero-order valence-corrected chi connectivity index (χ0v) is 21.4. The van der Waals surface area contributed by atoms with Gasteiger partial charge in [0.05, 0.1) is 19.3 Å². The quantitative estimate of drug-likeness (QED) is 0.308. The lowest BCUT2D eigenvalue weighted by Crippen LogP contribution is -2.54. The molecule has 9 nitrogen and oxygen atoms in total. The Hall–Kier alpha value is -3.27. The highest BCUT2D eigenvalue weighted by Crippen LogP contribution is 2.11. The Kier molecular flexibility index (Phi) is 11.5. The molecular weight excluding hydrogens is 472 g/mol. The van der Waals surface area contributed by atoms with Gasteiger partial charge in [0.25, 0.3) is 0 Å². The van der Waals surface area contributed by atoms with E-state index in [4.69, 9.17) is 4.74 Å². The van der Waals surface area contributed by atoms with Crippen LogP contribution in [-0.2, 0) is 25.5 Å². The highest BCUT2D eigenvalue weighted by molar-refractivity contribution is 5.97. The minimum Gasteiger partial charge on any atom is -0.480 e. The van der Waals surface area contributed by atoms with Crippen LogP contribution in [0.5, 0.6) is 0 Å². The third-order valence-corrected chi connectivity index (χ3v) is 6.45. The molecule has 0 unspecified atom stereocenters. The third-order valence-electron chi connectivity index (χ3n) is 6.45. The molecule has 3 atom stereocenters. The zero-order chi connectivity index (χ0) is 26.5. The molecule has 200 valence electrons. The molecule has 1 heterocycles. The number of aliphatic carboxylic acids is 1. The Morgan fingerprint density at radius 2 is 1.57 bits per heavy atom. The van der Waals surface area contributed by atoms with Crippen LogP contribution in [0.4, 0.5) is 5.69 Å². The zero-order valence-electron chi connectivity index (χ0n) is 21.4. The summed E-state index contributed by atoms with van der Waals surface area (Å²) in [4.78, 5) is 40.3. The molecule has 1 saturated heterocycles. The van der Waals surface area contributed by atoms with E-state index in [0.29, 0.717) is 38.2 Å². The molecule has 37 heavy (non-hydrogen) atoms. The highest BCUT2D eigenvalue weighted by Gasteiger charge is 2.28. The lowest BCUT2D eigenvalue weighted by Gasteiger charge is -2.28. The Labute approximate surface area is 218 Å². The number of nitrogens with one attached hydrogen (secondary N) is 3. The maximum Gasteiger partial charge on any atom is 0.320 e. The smallest absolute Gasteiger partial charge is 0.320 e. The van der Waals surface area contributed by atoms with Gasteiger partial charge >= 0.3 is 5.97 Å². The number of nitrogens with zero attached hydrogens (tertiary/aromatic N) is 1. The molecule has 0 radical (unpaired) electrons. The van der Waals surface area contributed by atoms with Crippen LogP contribution in [0.1, 0.15) is 31.7 Å². The normalized spacial score (nSPS) is 16.4. The Morgan fingerprint density at radius 3 is 2.22 bits per heavy atom. The number of para-hydroxylation sites is 1. The average Bonchev–Trinajstić information content (AvgIpc) is 2.91. The van der Waals surface area contributed by atoms with Crippen molar-refractivity contribution in [1.82, 2.24) is 15.5 Å². The van der Waals surface area contributed by atoms with Crippen molar-refractivity contribution in [3.63, 3.8) is 0 Å². The fraction of sp³-hybridized carbons (Fsp3) is 0.464. The predicted octanol–water partition coefficient (Wildman–Crippen LogP) is 2.29. The minimum absolute atomic E-state index is 0.297. The summed E-state index contributed by atoms with van der Waals surface area (Å²) in [6.45, 7) is 5.42. The Bertz CT molecular complexity index is 983. The molecule has 3 rings (SSSR count). The van der Waals surface area contributed by atoms with E-state index < -0.39 is 24.1 Å². The van der Waals surface area contributed by atoms with E-state index in [-0.39, 0.29) is 11.8 Å². The van der Waals surface area contributed by atoms with Crippen LogP contribution < -0.4 is 16.0 Å². The number of hydrogen-bond acceptors (Lipinski definition) is 6. The monoisotopic (exact) mass is 510 g/mol. The summed E-state index contributed by atoms with van der Waals surface area (Å²) in [6.07, 6.45) is 2.17. The van der Waals surface area contributed by atoms with Gasteiger partial charge in [-0.1, -0.05) is 48.5 Å². The number of carbonyl (C=O) groups is 3. The van der Waals surface area contributed by atoms with Crippen LogP contribution in [0, 0.1) is 0 Å². The van der Waals surface area contributed by atoms with Crippen LogP contribution in [0.3, 0.4) is 0 Å². The van der Waals surface area contributed by atoms with Gasteiger partial charge in [-0.2, -0.15) is 0 Å². The van der Waals surface area contributed by atoms with E-state index in [0.717, 1.165) is 31.6 Å². The second kappa shape index (κ2) is 15.1. The molecule has 1 aliphatic heterocycles. The molecule has 0 aliphatic carbocycles. The molecule has 1 fully saturated rings.